The van der Waals surface area contributed by atoms with E-state index >= 15 is 0 Å². The van der Waals surface area contributed by atoms with Crippen molar-refractivity contribution in [3.63, 3.8) is 0 Å². The van der Waals surface area contributed by atoms with Crippen LogP contribution in [0.5, 0.6) is 11.5 Å². The third kappa shape index (κ3) is 2.87. The molecule has 33 heavy (non-hydrogen) atoms. The first kappa shape index (κ1) is 20.6. The quantitative estimate of drug-likeness (QED) is 0.689. The number of phenols is 1. The summed E-state index contributed by atoms with van der Waals surface area (Å²) < 4.78 is 6.66. The Labute approximate surface area is 195 Å². The van der Waals surface area contributed by atoms with E-state index in [1.807, 2.05) is 49.2 Å². The number of ether oxygens (including phenoxy) is 1. The number of likely N-dealkylation sites (tertiary alicyclic amines) is 1. The van der Waals surface area contributed by atoms with Crippen LogP contribution in [-0.2, 0) is 16.6 Å². The van der Waals surface area contributed by atoms with Crippen LogP contribution in [0.15, 0.2) is 36.4 Å². The van der Waals surface area contributed by atoms with Gasteiger partial charge < -0.3 is 19.6 Å². The van der Waals surface area contributed by atoms with Gasteiger partial charge in [0.15, 0.2) is 0 Å². The van der Waals surface area contributed by atoms with Gasteiger partial charge in [0.1, 0.15) is 17.6 Å². The summed E-state index contributed by atoms with van der Waals surface area (Å²) in [6.45, 7) is 3.03. The summed E-state index contributed by atoms with van der Waals surface area (Å²) >= 11 is 0. The van der Waals surface area contributed by atoms with E-state index in [4.69, 9.17) is 4.74 Å². The highest BCUT2D eigenvalue weighted by Crippen LogP contribution is 2.63. The zero-order valence-electron chi connectivity index (χ0n) is 19.5. The predicted octanol–water partition coefficient (Wildman–Crippen LogP) is 3.25. The lowest BCUT2D eigenvalue weighted by molar-refractivity contribution is -0.133. The number of likely N-dealkylation sites (N-methyl/N-ethyl adjacent to an activating group) is 2. The SMILES string of the molecule is Cc1cccc(C#CC(=O)N(C)[C@@H]2CC[C@H]3[C@H]4Cc5c(O)ccc6c5[C@@]3(CCN4C)[C@H]2O6)c1. The van der Waals surface area contributed by atoms with Crippen molar-refractivity contribution in [2.45, 2.75) is 56.2 Å². The molecule has 1 N–H and O–H groups in total. The fraction of sp³-hybridized carbons (Fsp3) is 0.464. The number of carbonyl (C=O) groups is 1. The Hall–Kier alpha value is -2.97. The van der Waals surface area contributed by atoms with Crippen LogP contribution >= 0.6 is 0 Å². The molecule has 4 aliphatic rings. The van der Waals surface area contributed by atoms with Crippen molar-refractivity contribution in [3.8, 4) is 23.3 Å². The number of hydrogen-bond acceptors (Lipinski definition) is 4. The number of carbonyl (C=O) groups excluding carboxylic acids is 1. The van der Waals surface area contributed by atoms with Crippen LogP contribution in [0, 0.1) is 24.7 Å². The van der Waals surface area contributed by atoms with Gasteiger partial charge in [-0.3, -0.25) is 4.79 Å². The van der Waals surface area contributed by atoms with Gasteiger partial charge in [0, 0.05) is 41.1 Å². The zero-order chi connectivity index (χ0) is 22.9. The van der Waals surface area contributed by atoms with Gasteiger partial charge in [-0.25, -0.2) is 0 Å². The molecule has 2 aliphatic heterocycles. The molecule has 5 atom stereocenters. The second kappa shape index (κ2) is 7.27. The lowest BCUT2D eigenvalue weighted by atomic mass is 9.51. The Balaban J connectivity index is 1.36. The number of phenolic OH excluding ortho intramolecular Hbond substituents is 1. The largest absolute Gasteiger partial charge is 0.508 e. The summed E-state index contributed by atoms with van der Waals surface area (Å²) in [6, 6.07) is 12.0. The van der Waals surface area contributed by atoms with Crippen LogP contribution < -0.4 is 4.74 Å². The van der Waals surface area contributed by atoms with Crippen molar-refractivity contribution in [2.24, 2.45) is 5.92 Å². The van der Waals surface area contributed by atoms with Crippen molar-refractivity contribution in [1.82, 2.24) is 9.80 Å². The highest BCUT2D eigenvalue weighted by Gasteiger charge is 2.66. The average molecular weight is 443 g/mol. The van der Waals surface area contributed by atoms with E-state index in [9.17, 15) is 9.90 Å². The zero-order valence-corrected chi connectivity index (χ0v) is 19.5. The fourth-order valence-electron chi connectivity index (χ4n) is 7.21. The Morgan fingerprint density at radius 2 is 2.12 bits per heavy atom. The minimum absolute atomic E-state index is 0.0369. The molecule has 2 fully saturated rings. The Morgan fingerprint density at radius 3 is 2.94 bits per heavy atom. The number of aromatic hydroxyl groups is 1. The normalized spacial score (nSPS) is 31.1. The second-order valence-corrected chi connectivity index (χ2v) is 10.3. The maximum atomic E-state index is 13.2. The third-order valence-electron chi connectivity index (χ3n) is 8.73. The number of aryl methyl sites for hydroxylation is 1. The van der Waals surface area contributed by atoms with E-state index in [2.05, 4.69) is 23.8 Å². The molecule has 0 aromatic heterocycles. The molecular weight excluding hydrogens is 412 g/mol. The van der Waals surface area contributed by atoms with Gasteiger partial charge in [-0.1, -0.05) is 18.1 Å². The number of nitrogens with zero attached hydrogens (tertiary/aromatic N) is 2. The molecule has 1 saturated carbocycles. The molecule has 0 radical (unpaired) electrons. The highest BCUT2D eigenvalue weighted by atomic mass is 16.5. The van der Waals surface area contributed by atoms with Crippen molar-refractivity contribution in [2.75, 3.05) is 20.6 Å². The Bertz CT molecular complexity index is 1210. The number of piperidine rings is 1. The number of benzene rings is 2. The molecule has 0 unspecified atom stereocenters. The first-order chi connectivity index (χ1) is 15.9. The molecule has 2 bridgehead atoms. The lowest BCUT2D eigenvalue weighted by Crippen LogP contribution is -2.68. The summed E-state index contributed by atoms with van der Waals surface area (Å²) in [4.78, 5) is 17.4. The molecule has 2 heterocycles. The molecule has 1 amide bonds. The molecule has 1 spiro atoms. The van der Waals surface area contributed by atoms with Crippen LogP contribution in [0.2, 0.25) is 0 Å². The highest BCUT2D eigenvalue weighted by molar-refractivity contribution is 5.94. The molecule has 170 valence electrons. The summed E-state index contributed by atoms with van der Waals surface area (Å²) in [5, 5.41) is 10.7. The fourth-order valence-corrected chi connectivity index (χ4v) is 7.21. The molecule has 5 heteroatoms. The second-order valence-electron chi connectivity index (χ2n) is 10.3. The summed E-state index contributed by atoms with van der Waals surface area (Å²) in [5.41, 5.74) is 4.12. The van der Waals surface area contributed by atoms with E-state index < -0.39 is 0 Å². The van der Waals surface area contributed by atoms with Gasteiger partial charge in [0.05, 0.1) is 6.04 Å². The van der Waals surface area contributed by atoms with E-state index in [-0.39, 0.29) is 23.5 Å². The topological polar surface area (TPSA) is 53.0 Å². The molecular formula is C28H30N2O3. The number of amides is 1. The minimum Gasteiger partial charge on any atom is -0.508 e. The third-order valence-corrected chi connectivity index (χ3v) is 8.73. The van der Waals surface area contributed by atoms with Crippen molar-refractivity contribution in [1.29, 1.82) is 0 Å². The van der Waals surface area contributed by atoms with Crippen molar-refractivity contribution >= 4 is 5.91 Å². The van der Waals surface area contributed by atoms with Crippen LogP contribution in [0.1, 0.15) is 41.5 Å². The van der Waals surface area contributed by atoms with Gasteiger partial charge in [-0.2, -0.15) is 0 Å². The van der Waals surface area contributed by atoms with Crippen molar-refractivity contribution < 1.29 is 14.6 Å². The van der Waals surface area contributed by atoms with E-state index in [0.29, 0.717) is 17.7 Å². The maximum absolute atomic E-state index is 13.2. The summed E-state index contributed by atoms with van der Waals surface area (Å²) in [5.74, 6) is 7.51. The van der Waals surface area contributed by atoms with Gasteiger partial charge in [-0.15, -0.1) is 0 Å². The first-order valence-corrected chi connectivity index (χ1v) is 12.0. The molecule has 2 aliphatic carbocycles. The van der Waals surface area contributed by atoms with Gasteiger partial charge in [0.25, 0.3) is 5.91 Å². The first-order valence-electron chi connectivity index (χ1n) is 12.0. The van der Waals surface area contributed by atoms with Gasteiger partial charge in [-0.05, 0) is 81.9 Å². The molecule has 2 aromatic rings. The van der Waals surface area contributed by atoms with Crippen LogP contribution in [0.4, 0.5) is 0 Å². The average Bonchev–Trinajstić information content (AvgIpc) is 3.14. The minimum atomic E-state index is -0.167. The molecule has 2 aromatic carbocycles. The van der Waals surface area contributed by atoms with E-state index in [1.54, 1.807) is 6.07 Å². The Kier molecular flexibility index (Phi) is 4.54. The van der Waals surface area contributed by atoms with Crippen LogP contribution in [0.25, 0.3) is 0 Å². The predicted molar refractivity (Wildman–Crippen MR) is 126 cm³/mol. The molecule has 1 saturated heterocycles. The maximum Gasteiger partial charge on any atom is 0.298 e. The van der Waals surface area contributed by atoms with E-state index in [0.717, 1.165) is 54.7 Å². The lowest BCUT2D eigenvalue weighted by Gasteiger charge is -2.59. The van der Waals surface area contributed by atoms with Gasteiger partial charge in [0.2, 0.25) is 0 Å². The summed E-state index contributed by atoms with van der Waals surface area (Å²) in [7, 11) is 4.08. The van der Waals surface area contributed by atoms with Crippen LogP contribution in [0.3, 0.4) is 0 Å². The summed E-state index contributed by atoms with van der Waals surface area (Å²) in [6.07, 6.45) is 3.72. The van der Waals surface area contributed by atoms with Gasteiger partial charge >= 0.3 is 0 Å². The van der Waals surface area contributed by atoms with E-state index in [1.165, 1.54) is 5.56 Å². The molecule has 6 rings (SSSR count). The molecule has 5 nitrogen and oxygen atoms in total. The monoisotopic (exact) mass is 442 g/mol. The van der Waals surface area contributed by atoms with Crippen molar-refractivity contribution in [3.05, 3.63) is 58.7 Å². The number of rotatable bonds is 1. The Morgan fingerprint density at radius 1 is 1.27 bits per heavy atom. The number of hydrogen-bond donors (Lipinski definition) is 1. The standard InChI is InChI=1S/C28H30N2O3/c1-17-5-4-6-18(15-17)7-12-25(32)30(3)21-9-8-20-22-16-19-23(31)10-11-24-26(19)28(20,27(21)33-24)13-14-29(22)2/h4-6,10-11,15,20-22,27,31H,8-9,13-14,16H2,1-3H3/t20-,21+,22+,27-,28-/m0/s1. The smallest absolute Gasteiger partial charge is 0.298 e. The van der Waals surface area contributed by atoms with Crippen LogP contribution in [-0.4, -0.2) is 59.6 Å².